The van der Waals surface area contributed by atoms with Crippen LogP contribution in [0.4, 0.5) is 11.4 Å². The minimum atomic E-state index is 0.681. The van der Waals surface area contributed by atoms with Crippen LogP contribution in [-0.2, 0) is 0 Å². The van der Waals surface area contributed by atoms with Crippen molar-refractivity contribution < 1.29 is 0 Å². The molecule has 0 aliphatic carbocycles. The van der Waals surface area contributed by atoms with Crippen LogP contribution in [0.15, 0.2) is 109 Å². The zero-order valence-electron chi connectivity index (χ0n) is 17.4. The second-order valence-corrected chi connectivity index (χ2v) is 7.60. The van der Waals surface area contributed by atoms with E-state index in [4.69, 9.17) is 21.4 Å². The van der Waals surface area contributed by atoms with Gasteiger partial charge < -0.3 is 11.5 Å². The smallest absolute Gasteiger partial charge is 0.0974 e. The van der Waals surface area contributed by atoms with Crippen LogP contribution < -0.4 is 11.5 Å². The highest BCUT2D eigenvalue weighted by Gasteiger charge is 2.19. The van der Waals surface area contributed by atoms with Crippen molar-refractivity contribution in [1.29, 1.82) is 0 Å². The van der Waals surface area contributed by atoms with Crippen LogP contribution in [0, 0.1) is 0 Å². The number of rotatable bonds is 4. The Labute approximate surface area is 187 Å². The summed E-state index contributed by atoms with van der Waals surface area (Å²) in [5, 5.41) is 0. The summed E-state index contributed by atoms with van der Waals surface area (Å²) in [5.41, 5.74) is 20.6. The third kappa shape index (κ3) is 3.82. The van der Waals surface area contributed by atoms with E-state index in [9.17, 15) is 0 Å². The minimum Gasteiger partial charge on any atom is -0.399 e. The Bertz CT molecular complexity index is 1280. The summed E-state index contributed by atoms with van der Waals surface area (Å²) in [4.78, 5) is 10.4. The van der Waals surface area contributed by atoms with Crippen molar-refractivity contribution in [3.63, 3.8) is 0 Å². The van der Waals surface area contributed by atoms with E-state index in [1.165, 1.54) is 0 Å². The molecular formula is C28H22N4. The zero-order chi connectivity index (χ0) is 21.9. The van der Waals surface area contributed by atoms with Gasteiger partial charge in [-0.2, -0.15) is 0 Å². The van der Waals surface area contributed by atoms with E-state index >= 15 is 0 Å². The molecule has 0 aliphatic rings. The van der Waals surface area contributed by atoms with Gasteiger partial charge in [0.2, 0.25) is 0 Å². The zero-order valence-corrected chi connectivity index (χ0v) is 17.4. The molecule has 1 aromatic heterocycles. The van der Waals surface area contributed by atoms with E-state index in [-0.39, 0.29) is 0 Å². The monoisotopic (exact) mass is 414 g/mol. The fourth-order valence-corrected chi connectivity index (χ4v) is 3.80. The summed E-state index contributed by atoms with van der Waals surface area (Å²) >= 11 is 0. The van der Waals surface area contributed by atoms with Crippen molar-refractivity contribution >= 4 is 11.4 Å². The quantitative estimate of drug-likeness (QED) is 0.338. The van der Waals surface area contributed by atoms with Crippen molar-refractivity contribution in [1.82, 2.24) is 9.97 Å². The van der Waals surface area contributed by atoms with Crippen LogP contribution in [0.3, 0.4) is 0 Å². The number of hydrogen-bond acceptors (Lipinski definition) is 4. The maximum absolute atomic E-state index is 6.11. The first-order chi connectivity index (χ1) is 15.7. The maximum Gasteiger partial charge on any atom is 0.0974 e. The van der Waals surface area contributed by atoms with E-state index in [1.54, 1.807) is 0 Å². The average Bonchev–Trinajstić information content (AvgIpc) is 2.84. The summed E-state index contributed by atoms with van der Waals surface area (Å²) in [7, 11) is 0. The molecule has 154 valence electrons. The normalized spacial score (nSPS) is 10.8. The lowest BCUT2D eigenvalue weighted by molar-refractivity contribution is 1.21. The highest BCUT2D eigenvalue weighted by molar-refractivity contribution is 5.87. The Morgan fingerprint density at radius 2 is 0.719 bits per heavy atom. The third-order valence-electron chi connectivity index (χ3n) is 5.31. The summed E-state index contributed by atoms with van der Waals surface area (Å²) in [6.45, 7) is 0. The van der Waals surface area contributed by atoms with E-state index in [0.29, 0.717) is 11.4 Å². The fourth-order valence-electron chi connectivity index (χ4n) is 3.80. The van der Waals surface area contributed by atoms with Gasteiger partial charge in [0, 0.05) is 33.6 Å². The van der Waals surface area contributed by atoms with Crippen LogP contribution in [-0.4, -0.2) is 9.97 Å². The summed E-state index contributed by atoms with van der Waals surface area (Å²) in [6, 6.07) is 35.7. The van der Waals surface area contributed by atoms with Crippen molar-refractivity contribution in [3.05, 3.63) is 109 Å². The van der Waals surface area contributed by atoms with Gasteiger partial charge in [0.15, 0.2) is 0 Å². The van der Waals surface area contributed by atoms with Gasteiger partial charge in [-0.25, -0.2) is 9.97 Å². The Hall–Kier alpha value is -4.44. The number of aromatic nitrogens is 2. The molecule has 0 unspecified atom stereocenters. The number of anilines is 2. The molecule has 0 atom stereocenters. The van der Waals surface area contributed by atoms with Crippen LogP contribution >= 0.6 is 0 Å². The first-order valence-corrected chi connectivity index (χ1v) is 10.4. The van der Waals surface area contributed by atoms with Gasteiger partial charge in [-0.05, 0) is 24.3 Å². The molecule has 4 aromatic carbocycles. The van der Waals surface area contributed by atoms with Crippen molar-refractivity contribution in [2.75, 3.05) is 11.5 Å². The summed E-state index contributed by atoms with van der Waals surface area (Å²) < 4.78 is 0. The fraction of sp³-hybridized carbons (Fsp3) is 0. The van der Waals surface area contributed by atoms with Gasteiger partial charge in [0.25, 0.3) is 0 Å². The molecule has 0 saturated heterocycles. The topological polar surface area (TPSA) is 77.8 Å². The predicted octanol–water partition coefficient (Wildman–Crippen LogP) is 6.31. The molecular weight excluding hydrogens is 392 g/mol. The van der Waals surface area contributed by atoms with Crippen LogP contribution in [0.25, 0.3) is 45.0 Å². The average molecular weight is 415 g/mol. The van der Waals surface area contributed by atoms with Crippen LogP contribution in [0.2, 0.25) is 0 Å². The lowest BCUT2D eigenvalue weighted by Gasteiger charge is -2.16. The Kier molecular flexibility index (Phi) is 5.10. The van der Waals surface area contributed by atoms with E-state index in [0.717, 1.165) is 45.0 Å². The minimum absolute atomic E-state index is 0.681. The number of hydrogen-bond donors (Lipinski definition) is 2. The molecule has 4 heteroatoms. The number of benzene rings is 4. The first-order valence-electron chi connectivity index (χ1n) is 10.4. The number of nitrogens with two attached hydrogens (primary N) is 2. The van der Waals surface area contributed by atoms with Gasteiger partial charge in [-0.15, -0.1) is 0 Å². The van der Waals surface area contributed by atoms with E-state index in [2.05, 4.69) is 24.3 Å². The first kappa shape index (κ1) is 19.5. The van der Waals surface area contributed by atoms with Gasteiger partial charge in [-0.3, -0.25) is 0 Å². The van der Waals surface area contributed by atoms with Gasteiger partial charge in [-0.1, -0.05) is 84.9 Å². The van der Waals surface area contributed by atoms with Crippen LogP contribution in [0.5, 0.6) is 0 Å². The molecule has 0 amide bonds. The SMILES string of the molecule is Nc1cccc(-c2nc(-c3cccc(N)c3)c(-c3ccccc3)nc2-c2ccccc2)c1. The molecule has 0 radical (unpaired) electrons. The van der Waals surface area contributed by atoms with Gasteiger partial charge >= 0.3 is 0 Å². The number of nitrogens with zero attached hydrogens (tertiary/aromatic N) is 2. The lowest BCUT2D eigenvalue weighted by Crippen LogP contribution is -2.01. The standard InChI is InChI=1S/C28H22N4/c29-23-15-7-13-21(17-23)27-25(19-9-3-1-4-10-19)31-26(20-11-5-2-6-12-20)28(32-27)22-14-8-16-24(30)18-22/h1-18H,29-30H2. The molecule has 0 aliphatic heterocycles. The molecule has 32 heavy (non-hydrogen) atoms. The molecule has 4 N–H and O–H groups in total. The Morgan fingerprint density at radius 3 is 1.09 bits per heavy atom. The predicted molar refractivity (Wildman–Crippen MR) is 133 cm³/mol. The molecule has 0 bridgehead atoms. The second kappa shape index (κ2) is 8.36. The van der Waals surface area contributed by atoms with Gasteiger partial charge in [0.1, 0.15) is 0 Å². The van der Waals surface area contributed by atoms with Gasteiger partial charge in [0.05, 0.1) is 22.8 Å². The van der Waals surface area contributed by atoms with Crippen molar-refractivity contribution in [2.24, 2.45) is 0 Å². The second-order valence-electron chi connectivity index (χ2n) is 7.60. The Morgan fingerprint density at radius 1 is 0.375 bits per heavy atom. The number of nitrogen functional groups attached to an aromatic ring is 2. The molecule has 5 rings (SSSR count). The molecule has 0 spiro atoms. The molecule has 0 saturated carbocycles. The van der Waals surface area contributed by atoms with E-state index < -0.39 is 0 Å². The van der Waals surface area contributed by atoms with Crippen LogP contribution in [0.1, 0.15) is 0 Å². The van der Waals surface area contributed by atoms with Crippen molar-refractivity contribution in [3.8, 4) is 45.0 Å². The summed E-state index contributed by atoms with van der Waals surface area (Å²) in [6.07, 6.45) is 0. The van der Waals surface area contributed by atoms with Crippen molar-refractivity contribution in [2.45, 2.75) is 0 Å². The summed E-state index contributed by atoms with van der Waals surface area (Å²) in [5.74, 6) is 0. The largest absolute Gasteiger partial charge is 0.399 e. The highest BCUT2D eigenvalue weighted by atomic mass is 14.9. The molecule has 1 heterocycles. The maximum atomic E-state index is 6.11. The lowest BCUT2D eigenvalue weighted by atomic mass is 9.99. The Balaban J connectivity index is 1.86. The van der Waals surface area contributed by atoms with E-state index in [1.807, 2.05) is 84.9 Å². The third-order valence-corrected chi connectivity index (χ3v) is 5.31. The molecule has 4 nitrogen and oxygen atoms in total. The molecule has 0 fully saturated rings. The molecule has 5 aromatic rings. The highest BCUT2D eigenvalue weighted by Crippen LogP contribution is 2.37.